The first-order valence-corrected chi connectivity index (χ1v) is 6.62. The van der Waals surface area contributed by atoms with Crippen molar-refractivity contribution in [2.45, 2.75) is 13.8 Å². The van der Waals surface area contributed by atoms with Crippen molar-refractivity contribution in [3.05, 3.63) is 50.0 Å². The van der Waals surface area contributed by atoms with Crippen molar-refractivity contribution in [1.82, 2.24) is 4.98 Å². The zero-order chi connectivity index (χ0) is 14.9. The van der Waals surface area contributed by atoms with Crippen molar-refractivity contribution in [1.29, 1.82) is 0 Å². The van der Waals surface area contributed by atoms with E-state index in [4.69, 9.17) is 5.73 Å². The van der Waals surface area contributed by atoms with Gasteiger partial charge in [0.25, 0.3) is 0 Å². The number of nitrogens with zero attached hydrogens (tertiary/aromatic N) is 2. The summed E-state index contributed by atoms with van der Waals surface area (Å²) in [6, 6.07) is 6.83. The number of aromatic nitrogens is 1. The van der Waals surface area contributed by atoms with Crippen molar-refractivity contribution in [3.8, 4) is 0 Å². The second kappa shape index (κ2) is 5.46. The number of pyridine rings is 1. The molecule has 1 aromatic heterocycles. The van der Waals surface area contributed by atoms with Gasteiger partial charge in [-0.1, -0.05) is 15.9 Å². The summed E-state index contributed by atoms with van der Waals surface area (Å²) in [5, 5.41) is 13.8. The van der Waals surface area contributed by atoms with Crippen LogP contribution in [0.3, 0.4) is 0 Å². The lowest BCUT2D eigenvalue weighted by atomic mass is 10.1. The Morgan fingerprint density at radius 1 is 1.30 bits per heavy atom. The number of nitrogens with one attached hydrogen (secondary N) is 1. The van der Waals surface area contributed by atoms with Gasteiger partial charge in [-0.25, -0.2) is 4.98 Å². The number of hydrogen-bond acceptors (Lipinski definition) is 5. The highest BCUT2D eigenvalue weighted by molar-refractivity contribution is 9.10. The highest BCUT2D eigenvalue weighted by atomic mass is 79.9. The number of halogens is 1. The van der Waals surface area contributed by atoms with Gasteiger partial charge in [0.2, 0.25) is 5.82 Å². The van der Waals surface area contributed by atoms with E-state index in [1.165, 1.54) is 12.1 Å². The fourth-order valence-corrected chi connectivity index (χ4v) is 2.61. The Kier molecular flexibility index (Phi) is 3.89. The fraction of sp³-hybridized carbons (Fsp3) is 0.154. The summed E-state index contributed by atoms with van der Waals surface area (Å²) in [7, 11) is 0. The fourth-order valence-electron chi connectivity index (χ4n) is 1.93. The molecule has 2 rings (SSSR count). The molecule has 20 heavy (non-hydrogen) atoms. The molecule has 0 saturated carbocycles. The standard InChI is InChI=1S/C13H13BrN4O2/c1-7-5-9(14)6-8(2)12(7)16-11-4-3-10(18(19)20)13(15)17-11/h3-6H,1-2H3,(H3,15,16,17). The van der Waals surface area contributed by atoms with Gasteiger partial charge in [0.15, 0.2) is 0 Å². The number of rotatable bonds is 3. The molecule has 104 valence electrons. The van der Waals surface area contributed by atoms with Crippen LogP contribution in [0.1, 0.15) is 11.1 Å². The third kappa shape index (κ3) is 2.88. The lowest BCUT2D eigenvalue weighted by Gasteiger charge is -2.13. The van der Waals surface area contributed by atoms with E-state index in [9.17, 15) is 10.1 Å². The Morgan fingerprint density at radius 3 is 2.40 bits per heavy atom. The minimum absolute atomic E-state index is 0.104. The Hall–Kier alpha value is -2.15. The van der Waals surface area contributed by atoms with E-state index in [-0.39, 0.29) is 11.5 Å². The summed E-state index contributed by atoms with van der Waals surface area (Å²) in [5.41, 5.74) is 8.37. The number of nitro groups is 1. The van der Waals surface area contributed by atoms with E-state index in [0.717, 1.165) is 21.3 Å². The van der Waals surface area contributed by atoms with Gasteiger partial charge in [-0.2, -0.15) is 0 Å². The molecule has 0 aliphatic rings. The molecular weight excluding hydrogens is 324 g/mol. The normalized spacial score (nSPS) is 10.3. The molecule has 0 aliphatic carbocycles. The predicted octanol–water partition coefficient (Wildman–Crippen LogP) is 3.69. The van der Waals surface area contributed by atoms with E-state index < -0.39 is 4.92 Å². The maximum Gasteiger partial charge on any atom is 0.311 e. The average Bonchev–Trinajstić information content (AvgIpc) is 2.33. The largest absolute Gasteiger partial charge is 0.378 e. The van der Waals surface area contributed by atoms with Crippen LogP contribution in [-0.2, 0) is 0 Å². The first kappa shape index (κ1) is 14.3. The first-order chi connectivity index (χ1) is 9.38. The number of nitrogen functional groups attached to an aromatic ring is 1. The van der Waals surface area contributed by atoms with Crippen LogP contribution in [0.5, 0.6) is 0 Å². The van der Waals surface area contributed by atoms with Crippen LogP contribution in [0.4, 0.5) is 23.0 Å². The molecular formula is C13H13BrN4O2. The SMILES string of the molecule is Cc1cc(Br)cc(C)c1Nc1ccc([N+](=O)[O-])c(N)n1. The third-order valence-corrected chi connectivity index (χ3v) is 3.31. The Bertz CT molecular complexity index is 665. The van der Waals surface area contributed by atoms with Gasteiger partial charge >= 0.3 is 5.69 Å². The number of nitrogens with two attached hydrogens (primary N) is 1. The number of hydrogen-bond donors (Lipinski definition) is 2. The Labute approximate surface area is 124 Å². The Morgan fingerprint density at radius 2 is 1.90 bits per heavy atom. The molecule has 0 unspecified atom stereocenters. The van der Waals surface area contributed by atoms with Crippen LogP contribution >= 0.6 is 15.9 Å². The van der Waals surface area contributed by atoms with Crippen LogP contribution in [0.2, 0.25) is 0 Å². The second-order valence-corrected chi connectivity index (χ2v) is 5.31. The summed E-state index contributed by atoms with van der Waals surface area (Å²) in [6.07, 6.45) is 0. The molecule has 0 fully saturated rings. The molecule has 6 nitrogen and oxygen atoms in total. The van der Waals surface area contributed by atoms with Crippen LogP contribution in [-0.4, -0.2) is 9.91 Å². The minimum Gasteiger partial charge on any atom is -0.378 e. The summed E-state index contributed by atoms with van der Waals surface area (Å²) >= 11 is 3.43. The molecule has 7 heteroatoms. The van der Waals surface area contributed by atoms with Crippen LogP contribution in [0.25, 0.3) is 0 Å². The van der Waals surface area contributed by atoms with Gasteiger partial charge in [0.05, 0.1) is 4.92 Å². The monoisotopic (exact) mass is 336 g/mol. The van der Waals surface area contributed by atoms with Gasteiger partial charge in [0, 0.05) is 16.2 Å². The Balaban J connectivity index is 2.36. The lowest BCUT2D eigenvalue weighted by Crippen LogP contribution is -2.03. The zero-order valence-electron chi connectivity index (χ0n) is 11.0. The first-order valence-electron chi connectivity index (χ1n) is 5.83. The maximum atomic E-state index is 10.7. The number of anilines is 3. The molecule has 0 spiro atoms. The van der Waals surface area contributed by atoms with Gasteiger partial charge in [-0.3, -0.25) is 10.1 Å². The summed E-state index contributed by atoms with van der Waals surface area (Å²) in [6.45, 7) is 3.93. The van der Waals surface area contributed by atoms with Gasteiger partial charge in [0.1, 0.15) is 5.82 Å². The molecule has 0 bridgehead atoms. The maximum absolute atomic E-state index is 10.7. The van der Waals surface area contributed by atoms with E-state index in [2.05, 4.69) is 26.2 Å². The quantitative estimate of drug-likeness (QED) is 0.658. The summed E-state index contributed by atoms with van der Waals surface area (Å²) in [5.74, 6) is 0.369. The second-order valence-electron chi connectivity index (χ2n) is 4.40. The predicted molar refractivity (Wildman–Crippen MR) is 82.2 cm³/mol. The number of benzene rings is 1. The molecule has 3 N–H and O–H groups in total. The highest BCUT2D eigenvalue weighted by Crippen LogP contribution is 2.29. The minimum atomic E-state index is -0.553. The smallest absolute Gasteiger partial charge is 0.311 e. The van der Waals surface area contributed by atoms with Gasteiger partial charge in [-0.15, -0.1) is 0 Å². The number of aryl methyl sites for hydroxylation is 2. The van der Waals surface area contributed by atoms with Crippen molar-refractivity contribution >= 4 is 38.9 Å². The summed E-state index contributed by atoms with van der Waals surface area (Å²) < 4.78 is 0.995. The molecule has 0 radical (unpaired) electrons. The molecule has 0 amide bonds. The molecule has 1 aromatic carbocycles. The van der Waals surface area contributed by atoms with Crippen molar-refractivity contribution in [2.24, 2.45) is 0 Å². The molecule has 0 aliphatic heterocycles. The van der Waals surface area contributed by atoms with Gasteiger partial charge in [-0.05, 0) is 43.2 Å². The van der Waals surface area contributed by atoms with Crippen LogP contribution in [0, 0.1) is 24.0 Å². The summed E-state index contributed by atoms with van der Waals surface area (Å²) in [4.78, 5) is 14.2. The molecule has 1 heterocycles. The van der Waals surface area contributed by atoms with Crippen LogP contribution < -0.4 is 11.1 Å². The third-order valence-electron chi connectivity index (χ3n) is 2.85. The van der Waals surface area contributed by atoms with E-state index >= 15 is 0 Å². The lowest BCUT2D eigenvalue weighted by molar-refractivity contribution is -0.384. The van der Waals surface area contributed by atoms with Gasteiger partial charge < -0.3 is 11.1 Å². The zero-order valence-corrected chi connectivity index (χ0v) is 12.6. The average molecular weight is 337 g/mol. The van der Waals surface area contributed by atoms with Crippen molar-refractivity contribution in [3.63, 3.8) is 0 Å². The topological polar surface area (TPSA) is 94.1 Å². The molecule has 2 aromatic rings. The van der Waals surface area contributed by atoms with Crippen molar-refractivity contribution < 1.29 is 4.92 Å². The molecule has 0 atom stereocenters. The highest BCUT2D eigenvalue weighted by Gasteiger charge is 2.13. The van der Waals surface area contributed by atoms with Crippen LogP contribution in [0.15, 0.2) is 28.7 Å². The van der Waals surface area contributed by atoms with E-state index in [1.54, 1.807) is 0 Å². The molecule has 0 saturated heterocycles. The van der Waals surface area contributed by atoms with E-state index in [1.807, 2.05) is 26.0 Å². The van der Waals surface area contributed by atoms with Crippen molar-refractivity contribution in [2.75, 3.05) is 11.1 Å². The van der Waals surface area contributed by atoms with E-state index in [0.29, 0.717) is 5.82 Å².